The first-order valence-corrected chi connectivity index (χ1v) is 8.82. The van der Waals surface area contributed by atoms with Crippen molar-refractivity contribution in [3.8, 4) is 0 Å². The Labute approximate surface area is 143 Å². The zero-order valence-electron chi connectivity index (χ0n) is 13.4. The molecule has 0 unspecified atom stereocenters. The van der Waals surface area contributed by atoms with E-state index >= 15 is 0 Å². The molecule has 2 aromatic rings. The van der Waals surface area contributed by atoms with Crippen LogP contribution in [-0.2, 0) is 12.8 Å². The molecule has 0 bridgehead atoms. The molecule has 2 amide bonds. The van der Waals surface area contributed by atoms with E-state index in [1.807, 2.05) is 0 Å². The molecule has 0 saturated heterocycles. The van der Waals surface area contributed by atoms with Crippen LogP contribution < -0.4 is 11.1 Å². The van der Waals surface area contributed by atoms with Crippen LogP contribution in [0, 0.1) is 11.7 Å². The number of benzene rings is 1. The van der Waals surface area contributed by atoms with Gasteiger partial charge in [-0.05, 0) is 55.0 Å². The number of fused-ring (bicyclic) bond motifs is 1. The summed E-state index contributed by atoms with van der Waals surface area (Å²) in [6.07, 6.45) is 3.87. The summed E-state index contributed by atoms with van der Waals surface area (Å²) in [5.41, 5.74) is 7.30. The third-order valence-corrected chi connectivity index (χ3v) is 5.69. The molecule has 0 aliphatic heterocycles. The van der Waals surface area contributed by atoms with Crippen LogP contribution in [0.1, 0.15) is 50.9 Å². The maximum absolute atomic E-state index is 13.0. The van der Waals surface area contributed by atoms with Crippen LogP contribution in [0.5, 0.6) is 0 Å². The highest BCUT2D eigenvalue weighted by atomic mass is 32.1. The minimum Gasteiger partial charge on any atom is -0.365 e. The van der Waals surface area contributed by atoms with Crippen molar-refractivity contribution in [1.29, 1.82) is 0 Å². The van der Waals surface area contributed by atoms with Crippen molar-refractivity contribution in [2.45, 2.75) is 32.6 Å². The first-order valence-electron chi connectivity index (χ1n) is 8.00. The van der Waals surface area contributed by atoms with Gasteiger partial charge >= 0.3 is 0 Å². The molecule has 0 saturated carbocycles. The van der Waals surface area contributed by atoms with Gasteiger partial charge in [0.25, 0.3) is 11.8 Å². The Balaban J connectivity index is 1.90. The van der Waals surface area contributed by atoms with E-state index in [0.29, 0.717) is 22.0 Å². The second-order valence-electron chi connectivity index (χ2n) is 6.05. The Morgan fingerprint density at radius 2 is 2.04 bits per heavy atom. The number of carbonyl (C=O) groups excluding carboxylic acids is 2. The smallest absolute Gasteiger partial charge is 0.256 e. The summed E-state index contributed by atoms with van der Waals surface area (Å²) >= 11 is 1.43. The van der Waals surface area contributed by atoms with Crippen molar-refractivity contribution in [3.63, 3.8) is 0 Å². The van der Waals surface area contributed by atoms with Gasteiger partial charge < -0.3 is 11.1 Å². The predicted molar refractivity (Wildman–Crippen MR) is 93.0 cm³/mol. The molecule has 6 heteroatoms. The zero-order valence-corrected chi connectivity index (χ0v) is 14.2. The fourth-order valence-electron chi connectivity index (χ4n) is 3.13. The van der Waals surface area contributed by atoms with Crippen LogP contribution in [0.15, 0.2) is 24.3 Å². The number of nitrogens with two attached hydrogens (primary N) is 1. The maximum Gasteiger partial charge on any atom is 0.256 e. The number of hydrogen-bond donors (Lipinski definition) is 2. The second-order valence-corrected chi connectivity index (χ2v) is 7.16. The Morgan fingerprint density at radius 3 is 2.67 bits per heavy atom. The van der Waals surface area contributed by atoms with Crippen molar-refractivity contribution in [3.05, 3.63) is 51.7 Å². The van der Waals surface area contributed by atoms with E-state index in [9.17, 15) is 14.0 Å². The number of thiophene rings is 1. The SMILES string of the molecule is CC[C@@H]1CCc2c(sc(NC(=O)c3ccc(F)cc3)c2C(N)=O)C1. The molecule has 126 valence electrons. The lowest BCUT2D eigenvalue weighted by molar-refractivity contribution is 0.1000. The number of anilines is 1. The van der Waals surface area contributed by atoms with E-state index in [-0.39, 0.29) is 5.91 Å². The van der Waals surface area contributed by atoms with E-state index in [2.05, 4.69) is 12.2 Å². The molecule has 0 radical (unpaired) electrons. The van der Waals surface area contributed by atoms with Gasteiger partial charge in [0.05, 0.1) is 5.56 Å². The number of halogens is 1. The number of primary amides is 1. The van der Waals surface area contributed by atoms with Crippen LogP contribution in [0.4, 0.5) is 9.39 Å². The van der Waals surface area contributed by atoms with Crippen molar-refractivity contribution in [2.24, 2.45) is 11.7 Å². The maximum atomic E-state index is 13.0. The minimum atomic E-state index is -0.517. The summed E-state index contributed by atoms with van der Waals surface area (Å²) < 4.78 is 13.0. The normalized spacial score (nSPS) is 16.5. The van der Waals surface area contributed by atoms with E-state index in [1.54, 1.807) is 0 Å². The highest BCUT2D eigenvalue weighted by molar-refractivity contribution is 7.17. The summed E-state index contributed by atoms with van der Waals surface area (Å²) in [4.78, 5) is 25.4. The number of amides is 2. The summed E-state index contributed by atoms with van der Waals surface area (Å²) in [5.74, 6) is -0.681. The Bertz CT molecular complexity index is 783. The highest BCUT2D eigenvalue weighted by Crippen LogP contribution is 2.40. The topological polar surface area (TPSA) is 72.2 Å². The fourth-order valence-corrected chi connectivity index (χ4v) is 4.49. The van der Waals surface area contributed by atoms with Crippen LogP contribution in [0.25, 0.3) is 0 Å². The number of carbonyl (C=O) groups is 2. The van der Waals surface area contributed by atoms with Gasteiger partial charge in [-0.15, -0.1) is 11.3 Å². The summed E-state index contributed by atoms with van der Waals surface area (Å²) in [5, 5.41) is 3.27. The van der Waals surface area contributed by atoms with Gasteiger partial charge in [-0.1, -0.05) is 13.3 Å². The molecule has 0 spiro atoms. The van der Waals surface area contributed by atoms with Gasteiger partial charge in [0, 0.05) is 10.4 Å². The van der Waals surface area contributed by atoms with E-state index in [1.165, 1.54) is 35.6 Å². The second kappa shape index (κ2) is 6.73. The molecular formula is C18H19FN2O2S. The van der Waals surface area contributed by atoms with E-state index in [4.69, 9.17) is 5.73 Å². The third-order valence-electron chi connectivity index (χ3n) is 4.52. The summed E-state index contributed by atoms with van der Waals surface area (Å²) in [7, 11) is 0. The minimum absolute atomic E-state index is 0.338. The lowest BCUT2D eigenvalue weighted by Gasteiger charge is -2.20. The average Bonchev–Trinajstić information content (AvgIpc) is 2.92. The van der Waals surface area contributed by atoms with Gasteiger partial charge in [-0.3, -0.25) is 9.59 Å². The van der Waals surface area contributed by atoms with Crippen molar-refractivity contribution < 1.29 is 14.0 Å². The molecule has 1 aliphatic rings. The quantitative estimate of drug-likeness (QED) is 0.885. The number of nitrogens with one attached hydrogen (secondary N) is 1. The Hall–Kier alpha value is -2.21. The van der Waals surface area contributed by atoms with Gasteiger partial charge in [0.1, 0.15) is 10.8 Å². The first-order chi connectivity index (χ1) is 11.5. The molecule has 4 nitrogen and oxygen atoms in total. The van der Waals surface area contributed by atoms with Crippen LogP contribution in [0.2, 0.25) is 0 Å². The molecule has 3 N–H and O–H groups in total. The Morgan fingerprint density at radius 1 is 1.33 bits per heavy atom. The molecule has 1 aliphatic carbocycles. The van der Waals surface area contributed by atoms with Gasteiger partial charge in [-0.25, -0.2) is 4.39 Å². The molecule has 1 heterocycles. The third kappa shape index (κ3) is 3.19. The van der Waals surface area contributed by atoms with E-state index < -0.39 is 11.7 Å². The highest BCUT2D eigenvalue weighted by Gasteiger charge is 2.28. The average molecular weight is 346 g/mol. The standard InChI is InChI=1S/C18H19FN2O2S/c1-2-10-3-8-13-14(9-10)24-18(15(13)16(20)22)21-17(23)11-4-6-12(19)7-5-11/h4-7,10H,2-3,8-9H2,1H3,(H2,20,22)(H,21,23)/t10-/m1/s1. The monoisotopic (exact) mass is 346 g/mol. The molecule has 24 heavy (non-hydrogen) atoms. The van der Waals surface area contributed by atoms with Gasteiger partial charge in [-0.2, -0.15) is 0 Å². The fraction of sp³-hybridized carbons (Fsp3) is 0.333. The molecular weight excluding hydrogens is 327 g/mol. The molecule has 1 aromatic heterocycles. The predicted octanol–water partition coefficient (Wildman–Crippen LogP) is 3.75. The molecule has 0 fully saturated rings. The van der Waals surface area contributed by atoms with Gasteiger partial charge in [0.15, 0.2) is 0 Å². The van der Waals surface area contributed by atoms with Gasteiger partial charge in [0.2, 0.25) is 0 Å². The lowest BCUT2D eigenvalue weighted by atomic mass is 9.85. The van der Waals surface area contributed by atoms with Crippen LogP contribution in [0.3, 0.4) is 0 Å². The Kier molecular flexibility index (Phi) is 4.66. The molecule has 1 aromatic carbocycles. The summed E-state index contributed by atoms with van der Waals surface area (Å²) in [6.45, 7) is 2.16. The van der Waals surface area contributed by atoms with Crippen molar-refractivity contribution >= 4 is 28.2 Å². The van der Waals surface area contributed by atoms with Crippen molar-refractivity contribution in [1.82, 2.24) is 0 Å². The molecule has 3 rings (SSSR count). The number of rotatable bonds is 4. The molecule has 1 atom stereocenters. The van der Waals surface area contributed by atoms with Crippen LogP contribution in [-0.4, -0.2) is 11.8 Å². The van der Waals surface area contributed by atoms with E-state index in [0.717, 1.165) is 36.1 Å². The summed E-state index contributed by atoms with van der Waals surface area (Å²) in [6, 6.07) is 5.29. The van der Waals surface area contributed by atoms with Crippen LogP contribution >= 0.6 is 11.3 Å². The number of hydrogen-bond acceptors (Lipinski definition) is 3. The largest absolute Gasteiger partial charge is 0.365 e. The van der Waals surface area contributed by atoms with Crippen molar-refractivity contribution in [2.75, 3.05) is 5.32 Å². The zero-order chi connectivity index (χ0) is 17.3. The first kappa shape index (κ1) is 16.6. The lowest BCUT2D eigenvalue weighted by Crippen LogP contribution is -2.19.